The SMILES string of the molecule is C/C=C/C[C@@H](C)[C@@H](OC(C)=O)[C@H](NC)C(=O)N[C@H](C(=O)N(C)[C@@H](CC(C)C)C(=O)N[C@@H](C)C(=O)N[C@H](C)C(=O)N(C)[C@@H](CC(C)C)C(=O)N(C)[C@@H](CC(C)C)C(=O)N(C)[C@H](C(=O)N[C@@H](CC)C(=O)N(C)CC(=O)CN[C@@H](CC(C)C)C(=O)SCc1ccccc1)C(C)C)C(C)C. The number of carbonyl (C=O) groups excluding carboxylic acids is 12. The van der Waals surface area contributed by atoms with E-state index in [2.05, 4.69) is 31.9 Å². The molecule has 0 aliphatic carbocycles. The third-order valence-electron chi connectivity index (χ3n) is 16.9. The second-order valence-electron chi connectivity index (χ2n) is 28.1. The van der Waals surface area contributed by atoms with Gasteiger partial charge in [0.15, 0.2) is 5.78 Å². The summed E-state index contributed by atoms with van der Waals surface area (Å²) in [5, 5.41) is 17.0. The topological polar surface area (TPSA) is 302 Å². The molecule has 0 spiro atoms. The normalized spacial score (nSPS) is 15.5. The van der Waals surface area contributed by atoms with Gasteiger partial charge in [-0.25, -0.2) is 0 Å². The van der Waals surface area contributed by atoms with E-state index < -0.39 is 137 Å². The van der Waals surface area contributed by atoms with Gasteiger partial charge in [0.2, 0.25) is 58.3 Å². The maximum absolute atomic E-state index is 14.9. The van der Waals surface area contributed by atoms with E-state index in [9.17, 15) is 57.5 Å². The van der Waals surface area contributed by atoms with E-state index in [4.69, 9.17) is 4.74 Å². The van der Waals surface area contributed by atoms with Gasteiger partial charge in [0, 0.05) is 47.9 Å². The van der Waals surface area contributed by atoms with Crippen molar-refractivity contribution in [3.63, 3.8) is 0 Å². The van der Waals surface area contributed by atoms with Gasteiger partial charge >= 0.3 is 5.97 Å². The van der Waals surface area contributed by atoms with Crippen LogP contribution in [-0.2, 0) is 68.0 Å². The lowest BCUT2D eigenvalue weighted by atomic mass is 9.92. The molecule has 0 radical (unpaired) electrons. The number of carbonyl (C=O) groups is 12. The van der Waals surface area contributed by atoms with Gasteiger partial charge in [0.1, 0.15) is 60.5 Å². The van der Waals surface area contributed by atoms with Crippen LogP contribution in [0.5, 0.6) is 0 Å². The number of Topliss-reactive ketones (excluding diaryl/α,β-unsaturated/α-hetero) is 1. The summed E-state index contributed by atoms with van der Waals surface area (Å²) in [5.74, 6) is -7.33. The first-order chi connectivity index (χ1) is 44.7. The predicted molar refractivity (Wildman–Crippen MR) is 377 cm³/mol. The molecule has 0 fully saturated rings. The van der Waals surface area contributed by atoms with Gasteiger partial charge < -0.3 is 55.8 Å². The molecule has 1 rings (SSSR count). The van der Waals surface area contributed by atoms with Gasteiger partial charge in [-0.3, -0.25) is 62.9 Å². The van der Waals surface area contributed by atoms with E-state index >= 15 is 0 Å². The molecular formula is C71H121N11O13S. The molecule has 24 nitrogen and oxygen atoms in total. The van der Waals surface area contributed by atoms with Gasteiger partial charge in [-0.2, -0.15) is 0 Å². The van der Waals surface area contributed by atoms with Crippen LogP contribution in [-0.4, -0.2) is 216 Å². The third kappa shape index (κ3) is 28.4. The maximum Gasteiger partial charge on any atom is 0.302 e. The first kappa shape index (κ1) is 87.3. The highest BCUT2D eigenvalue weighted by atomic mass is 32.2. The van der Waals surface area contributed by atoms with Gasteiger partial charge in [0.05, 0.1) is 19.1 Å². The third-order valence-corrected chi connectivity index (χ3v) is 17.9. The standard InChI is InChI=1S/C71H121N11O13S/c1-25-27-31-47(15)61(95-50(18)83)59(72-19)64(87)77-58(45(11)12)70(93)79(21)55(35-42(5)6)63(86)74-48(16)62(85)75-49(17)66(89)80(22)56(36-43(7)8)68(91)81(23)57(37-44(9)10)69(92)82(24)60(46(13)14)65(88)76-53(26-2)67(90)78(20)39-52(84)38-73-54(34-41(3)4)71(94)96-40-51-32-29-28-30-33-51/h25,27-30,32-33,41-49,53-61,72-73H,26,31,34-40H2,1-24H3,(H,74,86)(H,75,85)(H,76,88)(H,77,87)/b27-25+/t47-,48+,49-,53+,54+,55+,56+,57+,58+,59+,60+,61-/m1/s1. The lowest BCUT2D eigenvalue weighted by molar-refractivity contribution is -0.153. The average Bonchev–Trinajstić information content (AvgIpc) is 0.996. The summed E-state index contributed by atoms with van der Waals surface area (Å²) in [4.78, 5) is 174. The van der Waals surface area contributed by atoms with E-state index in [-0.39, 0.29) is 79.3 Å². The number of rotatable bonds is 42. The fourth-order valence-electron chi connectivity index (χ4n) is 11.4. The molecule has 6 N–H and O–H groups in total. The van der Waals surface area contributed by atoms with Crippen LogP contribution in [0, 0.1) is 41.4 Å². The molecule has 1 aromatic rings. The minimum absolute atomic E-state index is 0.0871. The number of ketones is 1. The van der Waals surface area contributed by atoms with Crippen LogP contribution in [0.3, 0.4) is 0 Å². The number of hydrogen-bond donors (Lipinski definition) is 6. The van der Waals surface area contributed by atoms with Crippen molar-refractivity contribution in [2.45, 2.75) is 235 Å². The zero-order valence-electron chi connectivity index (χ0n) is 62.2. The number of ether oxygens (including phenoxy) is 1. The molecule has 0 bridgehead atoms. The Morgan fingerprint density at radius 1 is 0.531 bits per heavy atom. The Bertz CT molecular complexity index is 2750. The second kappa shape index (κ2) is 42.8. The van der Waals surface area contributed by atoms with Crippen LogP contribution in [0.2, 0.25) is 0 Å². The van der Waals surface area contributed by atoms with Gasteiger partial charge in [-0.05, 0) is 113 Å². The first-order valence-electron chi connectivity index (χ1n) is 34.1. The summed E-state index contributed by atoms with van der Waals surface area (Å²) in [7, 11) is 8.86. The number of likely N-dealkylation sites (N-methyl/N-ethyl adjacent to an activating group) is 6. The average molecular weight is 1370 g/mol. The van der Waals surface area contributed by atoms with E-state index in [0.717, 1.165) is 5.56 Å². The molecule has 1 aromatic carbocycles. The number of amides is 9. The van der Waals surface area contributed by atoms with Crippen molar-refractivity contribution in [1.29, 1.82) is 0 Å². The zero-order valence-corrected chi connectivity index (χ0v) is 63.1. The Hall–Kier alpha value is -6.73. The molecule has 12 atom stereocenters. The Balaban J connectivity index is 3.35. The molecule has 0 heterocycles. The summed E-state index contributed by atoms with van der Waals surface area (Å²) in [6.07, 6.45) is 4.58. The lowest BCUT2D eigenvalue weighted by Gasteiger charge is -2.39. The number of thioether (sulfide) groups is 1. The summed E-state index contributed by atoms with van der Waals surface area (Å²) in [6.45, 7) is 31.4. The van der Waals surface area contributed by atoms with Crippen molar-refractivity contribution < 1.29 is 62.3 Å². The minimum atomic E-state index is -1.23. The summed E-state index contributed by atoms with van der Waals surface area (Å²) in [6, 6.07) is -1.11. The number of benzene rings is 1. The molecule has 96 heavy (non-hydrogen) atoms. The second-order valence-corrected chi connectivity index (χ2v) is 29.1. The molecule has 0 aliphatic heterocycles. The molecule has 0 saturated carbocycles. The Morgan fingerprint density at radius 2 is 1.03 bits per heavy atom. The van der Waals surface area contributed by atoms with E-state index in [0.29, 0.717) is 18.6 Å². The Labute approximate surface area is 578 Å². The van der Waals surface area contributed by atoms with Crippen molar-refractivity contribution >= 4 is 81.8 Å². The number of hydrogen-bond acceptors (Lipinski definition) is 16. The first-order valence-corrected chi connectivity index (χ1v) is 35.1. The molecular weight excluding hydrogens is 1250 g/mol. The number of esters is 1. The molecule has 25 heteroatoms. The highest BCUT2D eigenvalue weighted by molar-refractivity contribution is 8.13. The smallest absolute Gasteiger partial charge is 0.302 e. The van der Waals surface area contributed by atoms with Crippen molar-refractivity contribution in [1.82, 2.24) is 56.4 Å². The van der Waals surface area contributed by atoms with Crippen molar-refractivity contribution in [3.8, 4) is 0 Å². The molecule has 0 saturated heterocycles. The zero-order chi connectivity index (χ0) is 73.8. The molecule has 0 aromatic heterocycles. The van der Waals surface area contributed by atoms with Crippen LogP contribution in [0.4, 0.5) is 0 Å². The van der Waals surface area contributed by atoms with Crippen molar-refractivity contribution in [3.05, 3.63) is 48.0 Å². The highest BCUT2D eigenvalue weighted by Gasteiger charge is 2.43. The van der Waals surface area contributed by atoms with Crippen molar-refractivity contribution in [2.24, 2.45) is 41.4 Å². The molecule has 544 valence electrons. The molecule has 9 amide bonds. The van der Waals surface area contributed by atoms with Crippen LogP contribution in [0.1, 0.15) is 169 Å². The van der Waals surface area contributed by atoms with E-state index in [1.165, 1.54) is 92.3 Å². The van der Waals surface area contributed by atoms with E-state index in [1.54, 1.807) is 41.7 Å². The quantitative estimate of drug-likeness (QED) is 0.0336. The number of nitrogens with one attached hydrogen (secondary N) is 6. The summed E-state index contributed by atoms with van der Waals surface area (Å²) in [5.41, 5.74) is 1.00. The highest BCUT2D eigenvalue weighted by Crippen LogP contribution is 2.24. The summed E-state index contributed by atoms with van der Waals surface area (Å²) >= 11 is 1.18. The molecule has 0 unspecified atom stereocenters. The number of allylic oxidation sites excluding steroid dienone is 2. The largest absolute Gasteiger partial charge is 0.460 e. The van der Waals surface area contributed by atoms with Crippen LogP contribution < -0.4 is 31.9 Å². The van der Waals surface area contributed by atoms with Crippen LogP contribution >= 0.6 is 11.8 Å². The van der Waals surface area contributed by atoms with Crippen LogP contribution in [0.25, 0.3) is 0 Å². The predicted octanol–water partition coefficient (Wildman–Crippen LogP) is 5.75. The van der Waals surface area contributed by atoms with Crippen molar-refractivity contribution in [2.75, 3.05) is 55.4 Å². The molecule has 0 aliphatic rings. The fraction of sp³-hybridized carbons (Fsp3) is 0.718. The minimum Gasteiger partial charge on any atom is -0.460 e. The van der Waals surface area contributed by atoms with Gasteiger partial charge in [-0.1, -0.05) is 151 Å². The van der Waals surface area contributed by atoms with Gasteiger partial charge in [0.25, 0.3) is 0 Å². The summed E-state index contributed by atoms with van der Waals surface area (Å²) < 4.78 is 5.64. The van der Waals surface area contributed by atoms with Gasteiger partial charge in [-0.15, -0.1) is 0 Å². The maximum atomic E-state index is 14.9. The monoisotopic (exact) mass is 1370 g/mol. The Kier molecular flexibility index (Phi) is 38.9. The fourth-order valence-corrected chi connectivity index (χ4v) is 12.3. The van der Waals surface area contributed by atoms with Crippen LogP contribution in [0.15, 0.2) is 42.5 Å². The Morgan fingerprint density at radius 3 is 1.51 bits per heavy atom. The number of nitrogens with zero attached hydrogens (tertiary/aromatic N) is 5. The van der Waals surface area contributed by atoms with E-state index in [1.807, 2.05) is 112 Å². The lowest BCUT2D eigenvalue weighted by Crippen LogP contribution is -2.61.